The van der Waals surface area contributed by atoms with Crippen LogP contribution in [0.5, 0.6) is 0 Å². The van der Waals surface area contributed by atoms with Crippen LogP contribution in [-0.2, 0) is 26.5 Å². The number of benzene rings is 3. The molecule has 5 aromatic rings. The zero-order valence-corrected chi connectivity index (χ0v) is 26.1. The van der Waals surface area contributed by atoms with Gasteiger partial charge in [-0.15, -0.1) is 24.3 Å². The molecule has 44 heavy (non-hydrogen) atoms. The smallest absolute Gasteiger partial charge is 0.300 e. The number of aromatic nitrogens is 2. The Labute approximate surface area is 268 Å². The third kappa shape index (κ3) is 5.83. The van der Waals surface area contributed by atoms with Gasteiger partial charge in [0.05, 0.1) is 0 Å². The summed E-state index contributed by atoms with van der Waals surface area (Å²) in [6, 6.07) is 26.6. The maximum absolute atomic E-state index is 15.8. The molecule has 0 radical (unpaired) electrons. The van der Waals surface area contributed by atoms with Crippen LogP contribution in [0.15, 0.2) is 97.1 Å². The SMILES string of the molecule is CC(C)(c1cccc(-c2[c-]cc(F)c(C3=CCCC=C3)c2F)n1)c1cccc(-c2[c-]cc(F)c(-c3ccccc3)c2F)n1.[Pt+2]. The first-order chi connectivity index (χ1) is 20.8. The second-order valence-electron chi connectivity index (χ2n) is 10.8. The molecule has 3 aromatic carbocycles. The van der Waals surface area contributed by atoms with Crippen molar-refractivity contribution in [2.75, 3.05) is 0 Å². The first-order valence-corrected chi connectivity index (χ1v) is 13.9. The molecule has 0 bridgehead atoms. The van der Waals surface area contributed by atoms with Crippen LogP contribution in [0, 0.1) is 35.4 Å². The Morgan fingerprint density at radius 1 is 0.659 bits per heavy atom. The number of halogens is 4. The summed E-state index contributed by atoms with van der Waals surface area (Å²) < 4.78 is 61.0. The standard InChI is InChI=1S/C37H26F4N2.Pt/c1-37(2,31-17-9-15-29(42-31)25-19-21-27(38)33(35(25)40)23-11-5-3-6-12-23)32-18-10-16-30(43-32)26-20-22-28(39)34(36(26)41)24-13-7-4-8-14-24;/h3,5-7,9-18,21-22H,4,8H2,1-2H3;/q-2;+2. The van der Waals surface area contributed by atoms with Crippen molar-refractivity contribution in [2.45, 2.75) is 32.1 Å². The number of pyridine rings is 2. The first-order valence-electron chi connectivity index (χ1n) is 13.9. The Hall–Kier alpha value is -4.15. The molecular formula is C37H26F4N2Pt. The fourth-order valence-electron chi connectivity index (χ4n) is 5.28. The van der Waals surface area contributed by atoms with Crippen LogP contribution in [0.4, 0.5) is 17.6 Å². The summed E-state index contributed by atoms with van der Waals surface area (Å²) in [6.45, 7) is 3.80. The van der Waals surface area contributed by atoms with E-state index in [1.807, 2.05) is 26.0 Å². The maximum Gasteiger partial charge on any atom is 2.00 e. The van der Waals surface area contributed by atoms with E-state index in [-0.39, 0.29) is 49.0 Å². The van der Waals surface area contributed by atoms with E-state index in [2.05, 4.69) is 12.1 Å². The average Bonchev–Trinajstić information content (AvgIpc) is 3.02. The Bertz CT molecular complexity index is 1900. The summed E-state index contributed by atoms with van der Waals surface area (Å²) >= 11 is 0. The van der Waals surface area contributed by atoms with Gasteiger partial charge < -0.3 is 9.97 Å². The summed E-state index contributed by atoms with van der Waals surface area (Å²) in [6.07, 6.45) is 6.98. The van der Waals surface area contributed by atoms with Crippen LogP contribution in [-0.4, -0.2) is 9.97 Å². The van der Waals surface area contributed by atoms with Crippen molar-refractivity contribution < 1.29 is 38.6 Å². The van der Waals surface area contributed by atoms with Gasteiger partial charge in [0, 0.05) is 40.1 Å². The van der Waals surface area contributed by atoms with Crippen molar-refractivity contribution in [3.05, 3.63) is 149 Å². The second kappa shape index (κ2) is 12.8. The number of hydrogen-bond acceptors (Lipinski definition) is 2. The molecule has 0 aliphatic heterocycles. The van der Waals surface area contributed by atoms with Gasteiger partial charge in [0.15, 0.2) is 0 Å². The minimum absolute atomic E-state index is 0. The Balaban J connectivity index is 0.00000384. The molecule has 0 saturated heterocycles. The van der Waals surface area contributed by atoms with Crippen molar-refractivity contribution in [3.8, 4) is 33.6 Å². The molecular weight excluding hydrogens is 743 g/mol. The van der Waals surface area contributed by atoms with Gasteiger partial charge >= 0.3 is 21.1 Å². The topological polar surface area (TPSA) is 25.8 Å². The zero-order chi connectivity index (χ0) is 30.1. The molecule has 2 aromatic heterocycles. The second-order valence-corrected chi connectivity index (χ2v) is 10.8. The van der Waals surface area contributed by atoms with Crippen molar-refractivity contribution in [2.24, 2.45) is 0 Å². The summed E-state index contributed by atoms with van der Waals surface area (Å²) in [5.41, 5.74) is 1.67. The van der Waals surface area contributed by atoms with E-state index in [1.54, 1.807) is 72.8 Å². The van der Waals surface area contributed by atoms with Gasteiger partial charge in [-0.3, -0.25) is 17.6 Å². The molecule has 7 heteroatoms. The summed E-state index contributed by atoms with van der Waals surface area (Å²) in [7, 11) is 0. The van der Waals surface area contributed by atoms with Crippen molar-refractivity contribution in [3.63, 3.8) is 0 Å². The van der Waals surface area contributed by atoms with Crippen LogP contribution in [0.1, 0.15) is 43.6 Å². The fourth-order valence-corrected chi connectivity index (χ4v) is 5.28. The molecule has 6 rings (SSSR count). The molecule has 0 saturated carbocycles. The molecule has 0 unspecified atom stereocenters. The van der Waals surface area contributed by atoms with Gasteiger partial charge in [-0.05, 0) is 72.5 Å². The van der Waals surface area contributed by atoms with Gasteiger partial charge in [0.25, 0.3) is 0 Å². The summed E-state index contributed by atoms with van der Waals surface area (Å²) in [4.78, 5) is 9.49. The number of nitrogens with zero attached hydrogens (tertiary/aromatic N) is 2. The van der Waals surface area contributed by atoms with Gasteiger partial charge in [0.2, 0.25) is 0 Å². The fraction of sp³-hybridized carbons (Fsp3) is 0.135. The van der Waals surface area contributed by atoms with Gasteiger partial charge in [0.1, 0.15) is 0 Å². The maximum atomic E-state index is 15.8. The Morgan fingerprint density at radius 2 is 1.20 bits per heavy atom. The number of allylic oxidation sites excluding steroid dienone is 4. The molecule has 0 atom stereocenters. The summed E-state index contributed by atoms with van der Waals surface area (Å²) in [5.74, 6) is -2.88. The predicted octanol–water partition coefficient (Wildman–Crippen LogP) is 9.69. The zero-order valence-electron chi connectivity index (χ0n) is 23.9. The molecule has 222 valence electrons. The van der Waals surface area contributed by atoms with Gasteiger partial charge in [-0.1, -0.05) is 84.0 Å². The van der Waals surface area contributed by atoms with Crippen molar-refractivity contribution >= 4 is 5.57 Å². The molecule has 2 nitrogen and oxygen atoms in total. The van der Waals surface area contributed by atoms with Gasteiger partial charge in [-0.25, -0.2) is 0 Å². The van der Waals surface area contributed by atoms with Crippen LogP contribution >= 0.6 is 0 Å². The largest absolute Gasteiger partial charge is 2.00 e. The normalized spacial score (nSPS) is 12.9. The monoisotopic (exact) mass is 769 g/mol. The minimum Gasteiger partial charge on any atom is -0.300 e. The minimum atomic E-state index is -0.807. The molecule has 0 N–H and O–H groups in total. The van der Waals surface area contributed by atoms with E-state index in [4.69, 9.17) is 9.97 Å². The molecule has 0 amide bonds. The van der Waals surface area contributed by atoms with Crippen LogP contribution in [0.2, 0.25) is 0 Å². The number of hydrogen-bond donors (Lipinski definition) is 0. The Kier molecular flexibility index (Phi) is 9.12. The van der Waals surface area contributed by atoms with E-state index >= 15 is 8.78 Å². The molecule has 0 fully saturated rings. The van der Waals surface area contributed by atoms with Crippen LogP contribution in [0.3, 0.4) is 0 Å². The molecule has 1 aliphatic carbocycles. The van der Waals surface area contributed by atoms with E-state index < -0.39 is 28.7 Å². The molecule has 2 heterocycles. The van der Waals surface area contributed by atoms with Crippen molar-refractivity contribution in [1.29, 1.82) is 0 Å². The van der Waals surface area contributed by atoms with E-state index in [1.165, 1.54) is 0 Å². The molecule has 1 aliphatic rings. The summed E-state index contributed by atoms with van der Waals surface area (Å²) in [5, 5.41) is 0. The van der Waals surface area contributed by atoms with Crippen LogP contribution < -0.4 is 0 Å². The van der Waals surface area contributed by atoms with E-state index in [0.29, 0.717) is 34.6 Å². The number of rotatable bonds is 6. The van der Waals surface area contributed by atoms with E-state index in [0.717, 1.165) is 18.6 Å². The van der Waals surface area contributed by atoms with Crippen molar-refractivity contribution in [1.82, 2.24) is 9.97 Å². The third-order valence-corrected chi connectivity index (χ3v) is 7.68. The van der Waals surface area contributed by atoms with E-state index in [9.17, 15) is 8.78 Å². The average molecular weight is 770 g/mol. The first kappa shape index (κ1) is 31.3. The van der Waals surface area contributed by atoms with Crippen LogP contribution in [0.25, 0.3) is 39.2 Å². The van der Waals surface area contributed by atoms with Gasteiger partial charge in [-0.2, -0.15) is 0 Å². The predicted molar refractivity (Wildman–Crippen MR) is 161 cm³/mol. The molecule has 0 spiro atoms. The third-order valence-electron chi connectivity index (χ3n) is 7.68. The Morgan fingerprint density at radius 3 is 1.75 bits per heavy atom. The quantitative estimate of drug-likeness (QED) is 0.127.